The molecule has 10 heteroatoms. The van der Waals surface area contributed by atoms with Gasteiger partial charge in [-0.2, -0.15) is 5.10 Å². The van der Waals surface area contributed by atoms with Crippen molar-refractivity contribution in [1.82, 2.24) is 25.5 Å². The Kier molecular flexibility index (Phi) is 6.86. The van der Waals surface area contributed by atoms with Crippen LogP contribution in [0, 0.1) is 0 Å². The predicted octanol–water partition coefficient (Wildman–Crippen LogP) is 3.21. The van der Waals surface area contributed by atoms with Crippen LogP contribution in [0.2, 0.25) is 0 Å². The smallest absolute Gasteiger partial charge is 0.356 e. The van der Waals surface area contributed by atoms with Gasteiger partial charge in [0.25, 0.3) is 0 Å². The largest absolute Gasteiger partial charge is 0.496 e. The topological polar surface area (TPSA) is 125 Å². The molecule has 0 unspecified atom stereocenters. The van der Waals surface area contributed by atoms with Gasteiger partial charge >= 0.3 is 5.97 Å². The Labute approximate surface area is 179 Å². The molecule has 0 atom stereocenters. The highest BCUT2D eigenvalue weighted by Gasteiger charge is 2.18. The highest BCUT2D eigenvalue weighted by molar-refractivity contribution is 5.85. The van der Waals surface area contributed by atoms with E-state index in [1.165, 1.54) is 18.0 Å². The molecule has 1 fully saturated rings. The first-order valence-electron chi connectivity index (χ1n) is 9.41. The fraction of sp³-hybridized carbons (Fsp3) is 0.300. The van der Waals surface area contributed by atoms with E-state index >= 15 is 0 Å². The van der Waals surface area contributed by atoms with E-state index in [1.54, 1.807) is 7.11 Å². The number of hydrogen-bond donors (Lipinski definition) is 4. The summed E-state index contributed by atoms with van der Waals surface area (Å²) in [5.41, 5.74) is 2.89. The molecule has 0 saturated carbocycles. The number of benzene rings is 1. The highest BCUT2D eigenvalue weighted by atomic mass is 35.5. The summed E-state index contributed by atoms with van der Waals surface area (Å²) in [4.78, 5) is 18.7. The summed E-state index contributed by atoms with van der Waals surface area (Å²) >= 11 is 0. The summed E-state index contributed by atoms with van der Waals surface area (Å²) < 4.78 is 5.63. The van der Waals surface area contributed by atoms with Crippen molar-refractivity contribution >= 4 is 30.0 Å². The number of carbonyl (C=O) groups is 1. The third-order valence-corrected chi connectivity index (χ3v) is 5.03. The highest BCUT2D eigenvalue weighted by Crippen LogP contribution is 2.35. The number of anilines is 2. The molecule has 1 saturated heterocycles. The molecule has 0 aliphatic carbocycles. The van der Waals surface area contributed by atoms with Crippen LogP contribution >= 0.6 is 12.4 Å². The van der Waals surface area contributed by atoms with Crippen molar-refractivity contribution < 1.29 is 14.6 Å². The maximum absolute atomic E-state index is 10.9. The molecule has 30 heavy (non-hydrogen) atoms. The van der Waals surface area contributed by atoms with Crippen LogP contribution in [0.4, 0.5) is 11.6 Å². The second-order valence-corrected chi connectivity index (χ2v) is 6.87. The van der Waals surface area contributed by atoms with E-state index < -0.39 is 5.97 Å². The van der Waals surface area contributed by atoms with Crippen LogP contribution in [0.5, 0.6) is 5.75 Å². The Balaban J connectivity index is 0.00000256. The van der Waals surface area contributed by atoms with Gasteiger partial charge in [-0.3, -0.25) is 5.10 Å². The normalized spacial score (nSPS) is 14.0. The number of carboxylic acid groups (broad SMARTS) is 1. The number of halogens is 1. The van der Waals surface area contributed by atoms with Gasteiger partial charge < -0.3 is 20.5 Å². The van der Waals surface area contributed by atoms with Gasteiger partial charge in [0.2, 0.25) is 0 Å². The average molecular weight is 431 g/mol. The molecule has 4 N–H and O–H groups in total. The number of methoxy groups -OCH3 is 1. The minimum Gasteiger partial charge on any atom is -0.496 e. The Morgan fingerprint density at radius 2 is 1.97 bits per heavy atom. The van der Waals surface area contributed by atoms with Crippen LogP contribution in [0.15, 0.2) is 36.7 Å². The molecule has 1 aliphatic heterocycles. The van der Waals surface area contributed by atoms with Crippen molar-refractivity contribution in [2.24, 2.45) is 0 Å². The van der Waals surface area contributed by atoms with E-state index in [2.05, 4.69) is 49.0 Å². The lowest BCUT2D eigenvalue weighted by Gasteiger charge is -2.23. The summed E-state index contributed by atoms with van der Waals surface area (Å²) in [6, 6.07) is 8.15. The number of piperidine rings is 1. The van der Waals surface area contributed by atoms with Gasteiger partial charge in [-0.25, -0.2) is 14.8 Å². The van der Waals surface area contributed by atoms with Crippen molar-refractivity contribution in [2.75, 3.05) is 25.5 Å². The maximum Gasteiger partial charge on any atom is 0.356 e. The van der Waals surface area contributed by atoms with Gasteiger partial charge in [0.05, 0.1) is 25.2 Å². The number of carboxylic acids is 1. The van der Waals surface area contributed by atoms with E-state index in [0.717, 1.165) is 42.9 Å². The van der Waals surface area contributed by atoms with Gasteiger partial charge in [0, 0.05) is 11.6 Å². The number of ether oxygens (including phenoxy) is 1. The SMILES string of the molecule is COc1cc(C2CCNCC2)ccc1-c1cc(Nc2cnc(C(=O)O)cn2)n[nH]1.Cl. The van der Waals surface area contributed by atoms with Crippen LogP contribution in [0.1, 0.15) is 34.8 Å². The lowest BCUT2D eigenvalue weighted by Crippen LogP contribution is -2.26. The van der Waals surface area contributed by atoms with Crippen LogP contribution < -0.4 is 15.4 Å². The molecule has 0 spiro atoms. The molecule has 0 bridgehead atoms. The van der Waals surface area contributed by atoms with Crippen LogP contribution in [-0.2, 0) is 0 Å². The lowest BCUT2D eigenvalue weighted by molar-refractivity contribution is 0.0690. The molecular formula is C20H23ClN6O3. The first kappa shape index (κ1) is 21.5. The number of aromatic nitrogens is 4. The van der Waals surface area contributed by atoms with E-state index in [1.807, 2.05) is 6.07 Å². The van der Waals surface area contributed by atoms with E-state index in [-0.39, 0.29) is 18.1 Å². The van der Waals surface area contributed by atoms with Gasteiger partial charge in [0.15, 0.2) is 11.5 Å². The maximum atomic E-state index is 10.9. The number of H-pyrrole nitrogens is 1. The lowest BCUT2D eigenvalue weighted by atomic mass is 9.89. The van der Waals surface area contributed by atoms with Crippen LogP contribution in [-0.4, -0.2) is 51.4 Å². The van der Waals surface area contributed by atoms with Crippen LogP contribution in [0.25, 0.3) is 11.3 Å². The third kappa shape index (κ3) is 4.69. The molecular weight excluding hydrogens is 408 g/mol. The molecule has 3 heterocycles. The van der Waals surface area contributed by atoms with Crippen molar-refractivity contribution in [2.45, 2.75) is 18.8 Å². The summed E-state index contributed by atoms with van der Waals surface area (Å²) in [7, 11) is 1.67. The zero-order valence-corrected chi connectivity index (χ0v) is 17.2. The summed E-state index contributed by atoms with van der Waals surface area (Å²) in [6.07, 6.45) is 4.80. The Bertz CT molecular complexity index is 1000. The first-order valence-corrected chi connectivity index (χ1v) is 9.41. The Morgan fingerprint density at radius 3 is 2.63 bits per heavy atom. The van der Waals surface area contributed by atoms with Crippen molar-refractivity contribution in [1.29, 1.82) is 0 Å². The van der Waals surface area contributed by atoms with Gasteiger partial charge in [-0.1, -0.05) is 6.07 Å². The number of hydrogen-bond acceptors (Lipinski definition) is 7. The zero-order valence-electron chi connectivity index (χ0n) is 16.4. The minimum atomic E-state index is -1.12. The molecule has 9 nitrogen and oxygen atoms in total. The molecule has 158 valence electrons. The van der Waals surface area contributed by atoms with E-state index in [9.17, 15) is 4.79 Å². The molecule has 4 rings (SSSR count). The number of nitrogens with zero attached hydrogens (tertiary/aromatic N) is 3. The first-order chi connectivity index (χ1) is 14.1. The molecule has 1 aromatic carbocycles. The minimum absolute atomic E-state index is 0. The molecule has 1 aliphatic rings. The molecule has 0 amide bonds. The second-order valence-electron chi connectivity index (χ2n) is 6.87. The second kappa shape index (κ2) is 9.55. The number of nitrogens with one attached hydrogen (secondary N) is 3. The van der Waals surface area contributed by atoms with Crippen LogP contribution in [0.3, 0.4) is 0 Å². The summed E-state index contributed by atoms with van der Waals surface area (Å²) in [6.45, 7) is 2.08. The van der Waals surface area contributed by atoms with Crippen molar-refractivity contribution in [3.63, 3.8) is 0 Å². The quantitative estimate of drug-likeness (QED) is 0.469. The summed E-state index contributed by atoms with van der Waals surface area (Å²) in [5.74, 6) is 1.17. The zero-order chi connectivity index (χ0) is 20.2. The van der Waals surface area contributed by atoms with Crippen molar-refractivity contribution in [3.8, 4) is 17.0 Å². The fourth-order valence-electron chi connectivity index (χ4n) is 3.50. The summed E-state index contributed by atoms with van der Waals surface area (Å²) in [5, 5.41) is 22.5. The number of rotatable bonds is 6. The van der Waals surface area contributed by atoms with Gasteiger partial charge in [-0.05, 0) is 49.5 Å². The molecule has 2 aromatic heterocycles. The number of aromatic carboxylic acids is 1. The molecule has 0 radical (unpaired) electrons. The standard InChI is InChI=1S/C20H22N6O3.ClH/c1-29-17-8-13(12-4-6-21-7-5-12)2-3-14(17)15-9-18(26-25-15)24-19-11-22-16(10-23-19)20(27)28;/h2-3,8-12,21H,4-7H2,1H3,(H,27,28)(H2,23,24,25,26);1H. The van der Waals surface area contributed by atoms with E-state index in [0.29, 0.717) is 17.6 Å². The van der Waals surface area contributed by atoms with Gasteiger partial charge in [-0.15, -0.1) is 12.4 Å². The molecule has 3 aromatic rings. The third-order valence-electron chi connectivity index (χ3n) is 5.03. The van der Waals surface area contributed by atoms with Gasteiger partial charge in [0.1, 0.15) is 11.6 Å². The Hall–Kier alpha value is -3.17. The Morgan fingerprint density at radius 1 is 1.17 bits per heavy atom. The predicted molar refractivity (Wildman–Crippen MR) is 115 cm³/mol. The fourth-order valence-corrected chi connectivity index (χ4v) is 3.50. The van der Waals surface area contributed by atoms with E-state index in [4.69, 9.17) is 9.84 Å². The van der Waals surface area contributed by atoms with Crippen molar-refractivity contribution in [3.05, 3.63) is 47.9 Å². The number of aromatic amines is 1. The average Bonchev–Trinajstić information content (AvgIpc) is 3.22. The monoisotopic (exact) mass is 430 g/mol.